The Morgan fingerprint density at radius 1 is 0.935 bits per heavy atom. The average molecular weight is 414 g/mol. The molecule has 3 aromatic carbocycles. The van der Waals surface area contributed by atoms with E-state index in [2.05, 4.69) is 5.32 Å². The van der Waals surface area contributed by atoms with Crippen LogP contribution in [0, 0.1) is 12.8 Å². The number of amides is 2. The van der Waals surface area contributed by atoms with E-state index in [9.17, 15) is 14.4 Å². The smallest absolute Gasteiger partial charge is 0.343 e. The van der Waals surface area contributed by atoms with Gasteiger partial charge in [0.2, 0.25) is 11.8 Å². The second-order valence-corrected chi connectivity index (χ2v) is 7.51. The fourth-order valence-electron chi connectivity index (χ4n) is 3.45. The molecule has 0 aromatic heterocycles. The number of hydrogen-bond acceptors (Lipinski definition) is 4. The largest absolute Gasteiger partial charge is 0.423 e. The first-order valence-electron chi connectivity index (χ1n) is 10.0. The van der Waals surface area contributed by atoms with Crippen molar-refractivity contribution in [2.75, 3.05) is 16.8 Å². The Morgan fingerprint density at radius 2 is 1.61 bits per heavy atom. The van der Waals surface area contributed by atoms with Crippen LogP contribution < -0.4 is 15.0 Å². The molecule has 0 spiro atoms. The van der Waals surface area contributed by atoms with Gasteiger partial charge in [-0.05, 0) is 55.5 Å². The number of ether oxygens (including phenoxy) is 1. The Hall–Kier alpha value is -3.93. The molecule has 1 aliphatic heterocycles. The molecule has 3 aromatic rings. The number of benzene rings is 3. The van der Waals surface area contributed by atoms with E-state index in [1.165, 1.54) is 0 Å². The van der Waals surface area contributed by atoms with Gasteiger partial charge in [-0.3, -0.25) is 9.59 Å². The van der Waals surface area contributed by atoms with Crippen molar-refractivity contribution < 1.29 is 19.1 Å². The van der Waals surface area contributed by atoms with Gasteiger partial charge in [0.25, 0.3) is 0 Å². The number of aryl methyl sites for hydroxylation is 1. The quantitative estimate of drug-likeness (QED) is 0.501. The molecule has 31 heavy (non-hydrogen) atoms. The molecule has 1 saturated heterocycles. The van der Waals surface area contributed by atoms with Crippen molar-refractivity contribution in [1.82, 2.24) is 0 Å². The van der Waals surface area contributed by atoms with Crippen LogP contribution in [0.25, 0.3) is 0 Å². The van der Waals surface area contributed by atoms with Gasteiger partial charge in [0.1, 0.15) is 5.75 Å². The molecule has 0 saturated carbocycles. The van der Waals surface area contributed by atoms with Crippen LogP contribution in [0.5, 0.6) is 5.75 Å². The van der Waals surface area contributed by atoms with Crippen LogP contribution in [-0.2, 0) is 9.59 Å². The van der Waals surface area contributed by atoms with Gasteiger partial charge in [-0.15, -0.1) is 0 Å². The molecule has 156 valence electrons. The van der Waals surface area contributed by atoms with Gasteiger partial charge >= 0.3 is 5.97 Å². The van der Waals surface area contributed by atoms with E-state index in [4.69, 9.17) is 4.74 Å². The summed E-state index contributed by atoms with van der Waals surface area (Å²) in [5, 5.41) is 2.84. The third kappa shape index (κ3) is 4.80. The predicted molar refractivity (Wildman–Crippen MR) is 118 cm³/mol. The van der Waals surface area contributed by atoms with Crippen LogP contribution in [0.2, 0.25) is 0 Å². The maximum Gasteiger partial charge on any atom is 0.343 e. The zero-order chi connectivity index (χ0) is 21.8. The first kappa shape index (κ1) is 20.3. The molecule has 0 aliphatic carbocycles. The van der Waals surface area contributed by atoms with Gasteiger partial charge in [0.15, 0.2) is 0 Å². The normalized spacial score (nSPS) is 15.6. The monoisotopic (exact) mass is 414 g/mol. The van der Waals surface area contributed by atoms with Crippen LogP contribution in [0.15, 0.2) is 78.9 Å². The molecule has 4 rings (SSSR count). The SMILES string of the molecule is Cc1ccc(C(=O)Oc2ccc(NC(=O)C3CC(=O)N(c4ccccc4)C3)cc2)cc1. The van der Waals surface area contributed by atoms with Gasteiger partial charge in [-0.25, -0.2) is 4.79 Å². The standard InChI is InChI=1S/C25H22N2O4/c1-17-7-9-18(10-8-17)25(30)31-22-13-11-20(12-14-22)26-24(29)19-15-23(28)27(16-19)21-5-3-2-4-6-21/h2-14,19H,15-16H2,1H3,(H,26,29). The summed E-state index contributed by atoms with van der Waals surface area (Å²) in [6, 6.07) is 23.0. The molecule has 2 amide bonds. The summed E-state index contributed by atoms with van der Waals surface area (Å²) in [5.74, 6) is -0.759. The van der Waals surface area contributed by atoms with Gasteiger partial charge in [-0.1, -0.05) is 35.9 Å². The lowest BCUT2D eigenvalue weighted by Gasteiger charge is -2.16. The zero-order valence-corrected chi connectivity index (χ0v) is 17.1. The van der Waals surface area contributed by atoms with Gasteiger partial charge in [-0.2, -0.15) is 0 Å². The van der Waals surface area contributed by atoms with E-state index >= 15 is 0 Å². The van der Waals surface area contributed by atoms with Crippen molar-refractivity contribution in [1.29, 1.82) is 0 Å². The zero-order valence-electron chi connectivity index (χ0n) is 17.1. The first-order chi connectivity index (χ1) is 15.0. The number of nitrogens with one attached hydrogen (secondary N) is 1. The van der Waals surface area contributed by atoms with Gasteiger partial charge in [0.05, 0.1) is 11.5 Å². The molecule has 6 nitrogen and oxygen atoms in total. The Balaban J connectivity index is 1.34. The first-order valence-corrected chi connectivity index (χ1v) is 10.0. The lowest BCUT2D eigenvalue weighted by atomic mass is 10.1. The highest BCUT2D eigenvalue weighted by Gasteiger charge is 2.35. The van der Waals surface area contributed by atoms with Crippen molar-refractivity contribution in [2.24, 2.45) is 5.92 Å². The molecular weight excluding hydrogens is 392 g/mol. The molecule has 6 heteroatoms. The number of nitrogens with zero attached hydrogens (tertiary/aromatic N) is 1. The molecule has 1 N–H and O–H groups in total. The molecule has 1 heterocycles. The number of carbonyl (C=O) groups is 3. The van der Waals surface area contributed by atoms with Crippen molar-refractivity contribution in [3.8, 4) is 5.75 Å². The highest BCUT2D eigenvalue weighted by Crippen LogP contribution is 2.26. The Morgan fingerprint density at radius 3 is 2.29 bits per heavy atom. The summed E-state index contributed by atoms with van der Waals surface area (Å²) in [6.07, 6.45) is 0.174. The Bertz CT molecular complexity index is 1090. The van der Waals surface area contributed by atoms with Crippen molar-refractivity contribution in [3.63, 3.8) is 0 Å². The minimum atomic E-state index is -0.442. The Kier molecular flexibility index (Phi) is 5.80. The van der Waals surface area contributed by atoms with E-state index in [0.29, 0.717) is 23.5 Å². The number of anilines is 2. The van der Waals surface area contributed by atoms with Crippen LogP contribution in [0.1, 0.15) is 22.3 Å². The van der Waals surface area contributed by atoms with E-state index in [1.54, 1.807) is 41.3 Å². The number of hydrogen-bond donors (Lipinski definition) is 1. The second-order valence-electron chi connectivity index (χ2n) is 7.51. The second kappa shape index (κ2) is 8.83. The van der Waals surface area contributed by atoms with Crippen LogP contribution in [0.3, 0.4) is 0 Å². The average Bonchev–Trinajstić information content (AvgIpc) is 3.18. The molecule has 0 radical (unpaired) electrons. The minimum Gasteiger partial charge on any atom is -0.423 e. The van der Waals surface area contributed by atoms with Crippen LogP contribution >= 0.6 is 0 Å². The highest BCUT2D eigenvalue weighted by atomic mass is 16.5. The van der Waals surface area contributed by atoms with E-state index < -0.39 is 11.9 Å². The van der Waals surface area contributed by atoms with Crippen molar-refractivity contribution in [3.05, 3.63) is 90.0 Å². The number of carbonyl (C=O) groups excluding carboxylic acids is 3. The van der Waals surface area contributed by atoms with E-state index in [-0.39, 0.29) is 18.2 Å². The molecular formula is C25H22N2O4. The summed E-state index contributed by atoms with van der Waals surface area (Å²) in [6.45, 7) is 2.30. The summed E-state index contributed by atoms with van der Waals surface area (Å²) < 4.78 is 5.37. The third-order valence-electron chi connectivity index (χ3n) is 5.18. The van der Waals surface area contributed by atoms with E-state index in [0.717, 1.165) is 11.3 Å². The van der Waals surface area contributed by atoms with Crippen molar-refractivity contribution in [2.45, 2.75) is 13.3 Å². The van der Waals surface area contributed by atoms with Gasteiger partial charge < -0.3 is 15.0 Å². The maximum absolute atomic E-state index is 12.6. The summed E-state index contributed by atoms with van der Waals surface area (Å²) in [7, 11) is 0. The lowest BCUT2D eigenvalue weighted by Crippen LogP contribution is -2.28. The maximum atomic E-state index is 12.6. The highest BCUT2D eigenvalue weighted by molar-refractivity contribution is 6.03. The summed E-state index contributed by atoms with van der Waals surface area (Å²) >= 11 is 0. The fourth-order valence-corrected chi connectivity index (χ4v) is 3.45. The molecule has 1 aliphatic rings. The van der Waals surface area contributed by atoms with Crippen LogP contribution in [0.4, 0.5) is 11.4 Å². The number of para-hydroxylation sites is 1. The third-order valence-corrected chi connectivity index (χ3v) is 5.18. The molecule has 1 unspecified atom stereocenters. The fraction of sp³-hybridized carbons (Fsp3) is 0.160. The summed E-state index contributed by atoms with van der Waals surface area (Å²) in [4.78, 5) is 38.8. The van der Waals surface area contributed by atoms with E-state index in [1.807, 2.05) is 49.4 Å². The molecule has 0 bridgehead atoms. The van der Waals surface area contributed by atoms with Crippen LogP contribution in [-0.4, -0.2) is 24.3 Å². The minimum absolute atomic E-state index is 0.0651. The number of esters is 1. The Labute approximate surface area is 180 Å². The summed E-state index contributed by atoms with van der Waals surface area (Å²) in [5.41, 5.74) is 2.90. The molecule has 1 fully saturated rings. The van der Waals surface area contributed by atoms with Gasteiger partial charge in [0, 0.05) is 24.3 Å². The number of rotatable bonds is 5. The van der Waals surface area contributed by atoms with Crippen molar-refractivity contribution >= 4 is 29.2 Å². The lowest BCUT2D eigenvalue weighted by molar-refractivity contribution is -0.122. The topological polar surface area (TPSA) is 75.7 Å². The molecule has 1 atom stereocenters. The predicted octanol–water partition coefficient (Wildman–Crippen LogP) is 4.21.